The number of halogens is 2. The Bertz CT molecular complexity index is 459. The Labute approximate surface area is 96.6 Å². The molecule has 3 nitrogen and oxygen atoms in total. The zero-order valence-electron chi connectivity index (χ0n) is 7.52. The second-order valence-corrected chi connectivity index (χ2v) is 3.49. The molecule has 0 fully saturated rings. The number of rotatable bonds is 2. The van der Waals surface area contributed by atoms with Crippen LogP contribution in [0.1, 0.15) is 0 Å². The van der Waals surface area contributed by atoms with E-state index in [0.29, 0.717) is 21.9 Å². The Hall–Kier alpha value is -1.32. The van der Waals surface area contributed by atoms with Crippen molar-refractivity contribution in [1.29, 1.82) is 0 Å². The van der Waals surface area contributed by atoms with Crippen LogP contribution in [-0.2, 0) is 0 Å². The highest BCUT2D eigenvalue weighted by Gasteiger charge is 1.99. The summed E-state index contributed by atoms with van der Waals surface area (Å²) in [4.78, 5) is 7.85. The fourth-order valence-electron chi connectivity index (χ4n) is 0.990. The lowest BCUT2D eigenvalue weighted by molar-refractivity contribution is 0.461. The maximum Gasteiger partial charge on any atom is 0.220 e. The molecule has 76 valence electrons. The van der Waals surface area contributed by atoms with E-state index in [1.54, 1.807) is 30.3 Å². The van der Waals surface area contributed by atoms with Crippen LogP contribution in [0.4, 0.5) is 0 Å². The minimum Gasteiger partial charge on any atom is -0.437 e. The Morgan fingerprint density at radius 3 is 2.53 bits per heavy atom. The van der Waals surface area contributed by atoms with Gasteiger partial charge in [0.15, 0.2) is 0 Å². The summed E-state index contributed by atoms with van der Waals surface area (Å²) in [7, 11) is 0. The third-order valence-electron chi connectivity index (χ3n) is 1.61. The van der Waals surface area contributed by atoms with Crippen molar-refractivity contribution in [3.05, 3.63) is 46.8 Å². The summed E-state index contributed by atoms with van der Waals surface area (Å²) < 4.78 is 5.40. The summed E-state index contributed by atoms with van der Waals surface area (Å²) in [6.45, 7) is 0. The van der Waals surface area contributed by atoms with Crippen LogP contribution in [0.2, 0.25) is 10.3 Å². The molecular formula is C10H6Cl2N2O. The van der Waals surface area contributed by atoms with Crippen molar-refractivity contribution in [3.63, 3.8) is 0 Å². The molecule has 0 aliphatic rings. The molecule has 15 heavy (non-hydrogen) atoms. The van der Waals surface area contributed by atoms with Crippen molar-refractivity contribution in [1.82, 2.24) is 9.97 Å². The van der Waals surface area contributed by atoms with E-state index in [4.69, 9.17) is 27.9 Å². The third-order valence-corrected chi connectivity index (χ3v) is 2.05. The molecule has 0 amide bonds. The first-order valence-electron chi connectivity index (χ1n) is 4.16. The van der Waals surface area contributed by atoms with E-state index in [2.05, 4.69) is 9.97 Å². The molecule has 2 aromatic rings. The van der Waals surface area contributed by atoms with Gasteiger partial charge in [0.25, 0.3) is 0 Å². The van der Waals surface area contributed by atoms with E-state index >= 15 is 0 Å². The van der Waals surface area contributed by atoms with E-state index in [1.165, 1.54) is 6.20 Å². The second kappa shape index (κ2) is 4.47. The minimum absolute atomic E-state index is 0.384. The SMILES string of the molecule is Clc1ccc(Oc2cccc(Cl)n2)cn1. The largest absolute Gasteiger partial charge is 0.437 e. The number of hydrogen-bond donors (Lipinski definition) is 0. The molecular weight excluding hydrogens is 235 g/mol. The number of nitrogens with zero attached hydrogens (tertiary/aromatic N) is 2. The molecule has 2 heterocycles. The average molecular weight is 241 g/mol. The first kappa shape index (κ1) is 10.2. The van der Waals surface area contributed by atoms with Crippen LogP contribution in [0.25, 0.3) is 0 Å². The molecule has 0 aliphatic carbocycles. The summed E-state index contributed by atoms with van der Waals surface area (Å²) in [5.41, 5.74) is 0. The Kier molecular flexibility index (Phi) is 3.04. The molecule has 0 unspecified atom stereocenters. The molecule has 0 bridgehead atoms. The fraction of sp³-hybridized carbons (Fsp3) is 0. The quantitative estimate of drug-likeness (QED) is 0.753. The third kappa shape index (κ3) is 2.81. The van der Waals surface area contributed by atoms with Gasteiger partial charge < -0.3 is 4.74 Å². The second-order valence-electron chi connectivity index (χ2n) is 2.72. The number of aromatic nitrogens is 2. The topological polar surface area (TPSA) is 35.0 Å². The standard InChI is InChI=1S/C10H6Cl2N2O/c11-8-5-4-7(6-13-8)15-10-3-1-2-9(12)14-10/h1-6H. The molecule has 0 atom stereocenters. The molecule has 0 spiro atoms. The lowest BCUT2D eigenvalue weighted by atomic mass is 10.4. The van der Waals surface area contributed by atoms with Gasteiger partial charge in [-0.05, 0) is 18.2 Å². The molecule has 5 heteroatoms. The summed E-state index contributed by atoms with van der Waals surface area (Å²) in [6, 6.07) is 8.49. The maximum absolute atomic E-state index is 5.71. The number of ether oxygens (including phenoxy) is 1. The lowest BCUT2D eigenvalue weighted by Crippen LogP contribution is -1.88. The van der Waals surface area contributed by atoms with Gasteiger partial charge in [-0.25, -0.2) is 9.97 Å². The van der Waals surface area contributed by atoms with E-state index in [1.807, 2.05) is 0 Å². The van der Waals surface area contributed by atoms with Gasteiger partial charge in [-0.15, -0.1) is 0 Å². The maximum atomic E-state index is 5.71. The first-order valence-corrected chi connectivity index (χ1v) is 4.91. The van der Waals surface area contributed by atoms with Crippen molar-refractivity contribution in [3.8, 4) is 11.6 Å². The van der Waals surface area contributed by atoms with Gasteiger partial charge in [-0.2, -0.15) is 0 Å². The van der Waals surface area contributed by atoms with E-state index < -0.39 is 0 Å². The summed E-state index contributed by atoms with van der Waals surface area (Å²) in [5, 5.41) is 0.802. The van der Waals surface area contributed by atoms with Crippen LogP contribution in [0, 0.1) is 0 Å². The van der Waals surface area contributed by atoms with Crippen LogP contribution >= 0.6 is 23.2 Å². The van der Waals surface area contributed by atoms with E-state index in [0.717, 1.165) is 0 Å². The molecule has 0 aromatic carbocycles. The van der Waals surface area contributed by atoms with Gasteiger partial charge >= 0.3 is 0 Å². The van der Waals surface area contributed by atoms with Crippen LogP contribution in [0.15, 0.2) is 36.5 Å². The van der Waals surface area contributed by atoms with Crippen molar-refractivity contribution in [2.75, 3.05) is 0 Å². The van der Waals surface area contributed by atoms with Crippen molar-refractivity contribution in [2.24, 2.45) is 0 Å². The van der Waals surface area contributed by atoms with Crippen LogP contribution in [-0.4, -0.2) is 9.97 Å². The highest BCUT2D eigenvalue weighted by molar-refractivity contribution is 6.29. The van der Waals surface area contributed by atoms with Gasteiger partial charge in [-0.1, -0.05) is 29.3 Å². The molecule has 2 aromatic heterocycles. The van der Waals surface area contributed by atoms with Gasteiger partial charge in [0.1, 0.15) is 16.1 Å². The van der Waals surface area contributed by atoms with Gasteiger partial charge in [0.2, 0.25) is 5.88 Å². The monoisotopic (exact) mass is 240 g/mol. The molecule has 0 saturated carbocycles. The molecule has 0 saturated heterocycles. The Balaban J connectivity index is 2.18. The molecule has 0 aliphatic heterocycles. The van der Waals surface area contributed by atoms with Crippen molar-refractivity contribution < 1.29 is 4.74 Å². The zero-order chi connectivity index (χ0) is 10.7. The first-order chi connectivity index (χ1) is 7.24. The van der Waals surface area contributed by atoms with Crippen molar-refractivity contribution >= 4 is 23.2 Å². The predicted octanol–water partition coefficient (Wildman–Crippen LogP) is 3.58. The number of hydrogen-bond acceptors (Lipinski definition) is 3. The van der Waals surface area contributed by atoms with Gasteiger partial charge in [0.05, 0.1) is 6.20 Å². The smallest absolute Gasteiger partial charge is 0.220 e. The van der Waals surface area contributed by atoms with Crippen LogP contribution in [0.5, 0.6) is 11.6 Å². The molecule has 0 N–H and O–H groups in total. The summed E-state index contributed by atoms with van der Waals surface area (Å²) >= 11 is 11.3. The highest BCUT2D eigenvalue weighted by atomic mass is 35.5. The Morgan fingerprint density at radius 2 is 1.87 bits per heavy atom. The van der Waals surface area contributed by atoms with Gasteiger partial charge in [0, 0.05) is 6.07 Å². The average Bonchev–Trinajstić information content (AvgIpc) is 2.22. The summed E-state index contributed by atoms with van der Waals surface area (Å²) in [5.74, 6) is 0.987. The molecule has 0 radical (unpaired) electrons. The predicted molar refractivity (Wildman–Crippen MR) is 58.6 cm³/mol. The highest BCUT2D eigenvalue weighted by Crippen LogP contribution is 2.20. The Morgan fingerprint density at radius 1 is 1.00 bits per heavy atom. The van der Waals surface area contributed by atoms with Gasteiger partial charge in [-0.3, -0.25) is 0 Å². The normalized spacial score (nSPS) is 10.0. The van der Waals surface area contributed by atoms with Crippen LogP contribution < -0.4 is 4.74 Å². The number of pyridine rings is 2. The minimum atomic E-state index is 0.384. The molecule has 2 rings (SSSR count). The lowest BCUT2D eigenvalue weighted by Gasteiger charge is -2.03. The van der Waals surface area contributed by atoms with Crippen molar-refractivity contribution in [2.45, 2.75) is 0 Å². The van der Waals surface area contributed by atoms with Crippen LogP contribution in [0.3, 0.4) is 0 Å². The van der Waals surface area contributed by atoms with E-state index in [-0.39, 0.29) is 0 Å². The summed E-state index contributed by atoms with van der Waals surface area (Å²) in [6.07, 6.45) is 1.52. The van der Waals surface area contributed by atoms with E-state index in [9.17, 15) is 0 Å². The fourth-order valence-corrected chi connectivity index (χ4v) is 1.26. The zero-order valence-corrected chi connectivity index (χ0v) is 9.03.